The maximum absolute atomic E-state index is 13.2. The number of amides is 2. The number of para-hydroxylation sites is 1. The lowest BCUT2D eigenvalue weighted by molar-refractivity contribution is 0.0648. The molecule has 2 amide bonds. The van der Waals surface area contributed by atoms with Crippen LogP contribution < -0.4 is 10.9 Å². The van der Waals surface area contributed by atoms with Crippen LogP contribution in [0.4, 0.5) is 0 Å². The Hall–Kier alpha value is -7.88. The quantitative estimate of drug-likeness (QED) is 0.255. The van der Waals surface area contributed by atoms with Crippen molar-refractivity contribution in [1.82, 2.24) is 48.9 Å². The number of hydrogen-bond acceptors (Lipinski definition) is 10. The first-order valence-electron chi connectivity index (χ1n) is 19.1. The summed E-state index contributed by atoms with van der Waals surface area (Å²) in [4.78, 5) is 52.3. The number of nitrogens with zero attached hydrogens (tertiary/aromatic N) is 10. The maximum atomic E-state index is 13.2. The monoisotopic (exact) mass is 804 g/mol. The second-order valence-corrected chi connectivity index (χ2v) is 14.4. The SMILES string of the molecule is Cn1ncc2c(C3CN(Cc4ccccc4)C(=O)c4c(O)c(=O)cnn43)cccc21.Cn1ncc2ccccc21.O=C1c2c(O)c(=O)cnn2CCN1Cc1ccccc1. The molecule has 6 heterocycles. The third-order valence-electron chi connectivity index (χ3n) is 10.5. The van der Waals surface area contributed by atoms with Gasteiger partial charge in [-0.15, -0.1) is 0 Å². The van der Waals surface area contributed by atoms with Crippen molar-refractivity contribution in [3.63, 3.8) is 0 Å². The Kier molecular flexibility index (Phi) is 10.7. The normalized spacial score (nSPS) is 14.5. The highest BCUT2D eigenvalue weighted by atomic mass is 16.3. The van der Waals surface area contributed by atoms with Crippen LogP contribution in [0.1, 0.15) is 43.7 Å². The Morgan fingerprint density at radius 2 is 1.13 bits per heavy atom. The number of benzene rings is 4. The first-order valence-corrected chi connectivity index (χ1v) is 19.1. The summed E-state index contributed by atoms with van der Waals surface area (Å²) in [6.45, 7) is 2.12. The summed E-state index contributed by atoms with van der Waals surface area (Å²) in [5, 5.41) is 38.9. The maximum Gasteiger partial charge on any atom is 0.276 e. The number of aromatic nitrogens is 8. The number of carbonyl (C=O) groups is 2. The van der Waals surface area contributed by atoms with Crippen LogP contribution in [-0.2, 0) is 33.7 Å². The van der Waals surface area contributed by atoms with Crippen molar-refractivity contribution in [2.24, 2.45) is 14.1 Å². The lowest BCUT2D eigenvalue weighted by atomic mass is 9.99. The van der Waals surface area contributed by atoms with Gasteiger partial charge in [0.15, 0.2) is 22.9 Å². The summed E-state index contributed by atoms with van der Waals surface area (Å²) < 4.78 is 6.49. The second-order valence-electron chi connectivity index (χ2n) is 14.4. The van der Waals surface area contributed by atoms with Crippen LogP contribution in [0.2, 0.25) is 0 Å². The number of hydrogen-bond donors (Lipinski definition) is 2. The highest BCUT2D eigenvalue weighted by Crippen LogP contribution is 2.33. The minimum Gasteiger partial charge on any atom is -0.502 e. The van der Waals surface area contributed by atoms with Gasteiger partial charge in [-0.05, 0) is 28.8 Å². The van der Waals surface area contributed by atoms with Gasteiger partial charge in [0, 0.05) is 51.0 Å². The van der Waals surface area contributed by atoms with Gasteiger partial charge in [0.25, 0.3) is 11.8 Å². The van der Waals surface area contributed by atoms with Gasteiger partial charge in [-0.3, -0.25) is 33.2 Å². The number of rotatable bonds is 5. The van der Waals surface area contributed by atoms with E-state index in [0.29, 0.717) is 32.7 Å². The summed E-state index contributed by atoms with van der Waals surface area (Å²) in [6.07, 6.45) is 5.73. The Morgan fingerprint density at radius 1 is 0.567 bits per heavy atom. The van der Waals surface area contributed by atoms with E-state index < -0.39 is 28.3 Å². The van der Waals surface area contributed by atoms with Crippen LogP contribution in [0.25, 0.3) is 21.8 Å². The molecule has 0 spiro atoms. The molecule has 16 heteroatoms. The standard InChI is InChI=1S/C22H19N5O3.C14H13N3O3.C8H8N2/c1-25-17-9-5-8-15(16(17)10-23-25)18-13-26(12-14-6-3-2-4-7-14)22(30)20-21(29)19(28)11-24-27(18)20;18-11-8-15-17-7-6-16(14(20)12(17)13(11)19)9-10-4-2-1-3-5-10;1-10-8-5-3-2-4-7(8)6-9-10/h2-11,18,29H,12-13H2,1H3;1-5,8,19H,6-7,9H2;2-6H,1H3. The summed E-state index contributed by atoms with van der Waals surface area (Å²) >= 11 is 0. The largest absolute Gasteiger partial charge is 0.502 e. The predicted molar refractivity (Wildman–Crippen MR) is 222 cm³/mol. The minimum atomic E-state index is -0.672. The Labute approximate surface area is 342 Å². The molecule has 2 aliphatic heterocycles. The molecule has 60 heavy (non-hydrogen) atoms. The molecule has 302 valence electrons. The Bertz CT molecular complexity index is 2980. The molecule has 0 fully saturated rings. The second kappa shape index (κ2) is 16.5. The van der Waals surface area contributed by atoms with Gasteiger partial charge in [-0.25, -0.2) is 4.68 Å². The summed E-state index contributed by atoms with van der Waals surface area (Å²) in [5.41, 5.74) is 3.59. The van der Waals surface area contributed by atoms with Crippen LogP contribution in [0.3, 0.4) is 0 Å². The number of aromatic hydroxyl groups is 2. The average Bonchev–Trinajstić information content (AvgIpc) is 3.85. The Morgan fingerprint density at radius 3 is 1.83 bits per heavy atom. The van der Waals surface area contributed by atoms with E-state index >= 15 is 0 Å². The van der Waals surface area contributed by atoms with Crippen LogP contribution in [0.5, 0.6) is 11.5 Å². The van der Waals surface area contributed by atoms with Gasteiger partial charge >= 0.3 is 0 Å². The summed E-state index contributed by atoms with van der Waals surface area (Å²) in [7, 11) is 3.81. The smallest absolute Gasteiger partial charge is 0.276 e. The lowest BCUT2D eigenvalue weighted by Crippen LogP contribution is -2.45. The molecule has 16 nitrogen and oxygen atoms in total. The lowest BCUT2D eigenvalue weighted by Gasteiger charge is -2.35. The van der Waals surface area contributed by atoms with Gasteiger partial charge < -0.3 is 20.0 Å². The third kappa shape index (κ3) is 7.60. The molecule has 0 saturated carbocycles. The topological polar surface area (TPSA) is 186 Å². The van der Waals surface area contributed by atoms with E-state index in [0.717, 1.165) is 40.0 Å². The van der Waals surface area contributed by atoms with Gasteiger partial charge in [-0.1, -0.05) is 91.0 Å². The van der Waals surface area contributed by atoms with E-state index in [1.807, 2.05) is 116 Å². The molecule has 4 aromatic carbocycles. The van der Waals surface area contributed by atoms with Crippen LogP contribution in [-0.4, -0.2) is 84.0 Å². The fraction of sp³-hybridized carbons (Fsp3) is 0.182. The Balaban J connectivity index is 0.000000142. The molecule has 0 saturated heterocycles. The molecule has 2 N–H and O–H groups in total. The van der Waals surface area contributed by atoms with E-state index in [9.17, 15) is 29.4 Å². The minimum absolute atomic E-state index is 0.0281. The van der Waals surface area contributed by atoms with Crippen molar-refractivity contribution in [3.05, 3.63) is 176 Å². The van der Waals surface area contributed by atoms with E-state index in [4.69, 9.17) is 0 Å². The average molecular weight is 805 g/mol. The highest BCUT2D eigenvalue weighted by molar-refractivity contribution is 5.96. The molecule has 0 aliphatic carbocycles. The molecule has 4 aromatic heterocycles. The van der Waals surface area contributed by atoms with Crippen molar-refractivity contribution in [3.8, 4) is 11.5 Å². The van der Waals surface area contributed by atoms with Gasteiger partial charge in [0.1, 0.15) is 0 Å². The summed E-state index contributed by atoms with van der Waals surface area (Å²) in [6, 6.07) is 32.8. The van der Waals surface area contributed by atoms with Gasteiger partial charge in [0.05, 0.1) is 48.4 Å². The number of aryl methyl sites for hydroxylation is 2. The first-order chi connectivity index (χ1) is 29.1. The molecule has 8 aromatic rings. The van der Waals surface area contributed by atoms with Gasteiger partial charge in [-0.2, -0.15) is 20.4 Å². The van der Waals surface area contributed by atoms with Crippen molar-refractivity contribution >= 4 is 33.6 Å². The molecule has 0 bridgehead atoms. The zero-order valence-electron chi connectivity index (χ0n) is 32.7. The predicted octanol–water partition coefficient (Wildman–Crippen LogP) is 4.26. The molecular formula is C44H40N10O6. The highest BCUT2D eigenvalue weighted by Gasteiger charge is 2.36. The molecule has 1 atom stereocenters. The molecule has 0 radical (unpaired) electrons. The van der Waals surface area contributed by atoms with E-state index in [2.05, 4.69) is 32.5 Å². The zero-order chi connectivity index (χ0) is 41.9. The van der Waals surface area contributed by atoms with Crippen molar-refractivity contribution in [1.29, 1.82) is 0 Å². The van der Waals surface area contributed by atoms with E-state index in [1.165, 1.54) is 20.3 Å². The van der Waals surface area contributed by atoms with Crippen molar-refractivity contribution in [2.45, 2.75) is 25.7 Å². The first kappa shape index (κ1) is 39.0. The molecule has 2 aliphatic rings. The fourth-order valence-electron chi connectivity index (χ4n) is 7.46. The fourth-order valence-corrected chi connectivity index (χ4v) is 7.46. The molecule has 1 unspecified atom stereocenters. The van der Waals surface area contributed by atoms with E-state index in [1.54, 1.807) is 20.7 Å². The number of carbonyl (C=O) groups excluding carboxylic acids is 2. The van der Waals surface area contributed by atoms with Crippen LogP contribution in [0, 0.1) is 0 Å². The van der Waals surface area contributed by atoms with Crippen LogP contribution in [0.15, 0.2) is 138 Å². The zero-order valence-corrected chi connectivity index (χ0v) is 32.7. The van der Waals surface area contributed by atoms with Gasteiger partial charge in [0.2, 0.25) is 10.9 Å². The molecule has 10 rings (SSSR count). The third-order valence-corrected chi connectivity index (χ3v) is 10.5. The summed E-state index contributed by atoms with van der Waals surface area (Å²) in [5.74, 6) is -1.89. The molecular weight excluding hydrogens is 765 g/mol. The number of fused-ring (bicyclic) bond motifs is 4. The van der Waals surface area contributed by atoms with Crippen molar-refractivity contribution in [2.75, 3.05) is 13.1 Å². The van der Waals surface area contributed by atoms with Crippen molar-refractivity contribution < 1.29 is 19.8 Å². The van der Waals surface area contributed by atoms with Crippen LogP contribution >= 0.6 is 0 Å². The van der Waals surface area contributed by atoms with E-state index in [-0.39, 0.29) is 23.3 Å².